The Morgan fingerprint density at radius 1 is 1.38 bits per heavy atom. The van der Waals surface area contributed by atoms with E-state index in [0.717, 1.165) is 27.4 Å². The summed E-state index contributed by atoms with van der Waals surface area (Å²) < 4.78 is 40.1. The first kappa shape index (κ1) is 19.4. The monoisotopic (exact) mass is 434 g/mol. The number of methoxy groups -OCH3 is 1. The van der Waals surface area contributed by atoms with E-state index in [1.807, 2.05) is 28.4 Å². The highest BCUT2D eigenvalue weighted by molar-refractivity contribution is 7.87. The topological polar surface area (TPSA) is 136 Å². The predicted octanol–water partition coefficient (Wildman–Crippen LogP) is 1.69. The third-order valence-electron chi connectivity index (χ3n) is 4.34. The van der Waals surface area contributed by atoms with E-state index in [1.165, 1.54) is 13.2 Å². The molecule has 0 radical (unpaired) electrons. The molecule has 1 aliphatic rings. The lowest BCUT2D eigenvalue weighted by molar-refractivity contribution is 0.366. The summed E-state index contributed by atoms with van der Waals surface area (Å²) in [5.41, 5.74) is 3.52. The summed E-state index contributed by atoms with van der Waals surface area (Å²) in [5, 5.41) is 12.2. The van der Waals surface area contributed by atoms with Gasteiger partial charge in [0.1, 0.15) is 11.4 Å². The molecule has 152 valence electrons. The molecule has 12 heteroatoms. The highest BCUT2D eigenvalue weighted by Gasteiger charge is 2.24. The van der Waals surface area contributed by atoms with E-state index in [9.17, 15) is 8.42 Å². The molecule has 2 aromatic heterocycles. The second kappa shape index (κ2) is 7.48. The Morgan fingerprint density at radius 2 is 2.21 bits per heavy atom. The molecule has 1 aliphatic heterocycles. The van der Waals surface area contributed by atoms with Crippen molar-refractivity contribution in [2.45, 2.75) is 13.1 Å². The largest absolute Gasteiger partial charge is 0.495 e. The molecule has 0 fully saturated rings. The Balaban J connectivity index is 1.64. The molecule has 0 saturated heterocycles. The Labute approximate surface area is 171 Å². The number of nitrogens with zero attached hydrogens (tertiary/aromatic N) is 4. The van der Waals surface area contributed by atoms with E-state index in [4.69, 9.17) is 15.1 Å². The Kier molecular flexibility index (Phi) is 5.00. The second-order valence-electron chi connectivity index (χ2n) is 6.35. The average molecular weight is 435 g/mol. The lowest BCUT2D eigenvalue weighted by Gasteiger charge is -2.22. The highest BCUT2D eigenvalue weighted by atomic mass is 32.2. The summed E-state index contributed by atoms with van der Waals surface area (Å²) in [4.78, 5) is 1.05. The van der Waals surface area contributed by atoms with Crippen molar-refractivity contribution in [2.75, 3.05) is 11.8 Å². The summed E-state index contributed by atoms with van der Waals surface area (Å²) in [7, 11) is -2.99. The van der Waals surface area contributed by atoms with Gasteiger partial charge in [0.25, 0.3) is 0 Å². The van der Waals surface area contributed by atoms with Gasteiger partial charge in [0, 0.05) is 16.7 Å². The van der Waals surface area contributed by atoms with E-state index in [0.29, 0.717) is 13.1 Å². The Bertz CT molecular complexity index is 1170. The lowest BCUT2D eigenvalue weighted by atomic mass is 10.1. The van der Waals surface area contributed by atoms with Crippen LogP contribution in [0.25, 0.3) is 5.57 Å². The van der Waals surface area contributed by atoms with Crippen molar-refractivity contribution >= 4 is 32.9 Å². The minimum atomic E-state index is -4.40. The smallest absolute Gasteiger partial charge is 0.357 e. The van der Waals surface area contributed by atoms with E-state index < -0.39 is 10.3 Å². The third-order valence-corrected chi connectivity index (χ3v) is 5.72. The number of benzene rings is 1. The van der Waals surface area contributed by atoms with Crippen LogP contribution >= 0.6 is 11.3 Å². The fourth-order valence-corrected chi connectivity index (χ4v) is 4.30. The van der Waals surface area contributed by atoms with Crippen LogP contribution in [-0.2, 0) is 23.4 Å². The number of hydrazine groups is 1. The number of thiophene rings is 1. The molecule has 4 rings (SSSR count). The zero-order valence-electron chi connectivity index (χ0n) is 15.3. The molecular weight excluding hydrogens is 416 g/mol. The Hall–Kier alpha value is -2.93. The maximum Gasteiger partial charge on any atom is 0.357 e. The molecule has 1 aromatic carbocycles. The SMILES string of the molecule is COc1cc(Cn2nnc3c2CN(N)C=C3c2cccs2)ccc1NS(=O)(=O)O. The molecule has 0 bridgehead atoms. The first-order valence-electron chi connectivity index (χ1n) is 8.46. The molecule has 0 unspecified atom stereocenters. The van der Waals surface area contributed by atoms with Crippen molar-refractivity contribution in [3.05, 3.63) is 63.7 Å². The first-order chi connectivity index (χ1) is 13.8. The van der Waals surface area contributed by atoms with Crippen LogP contribution in [0.4, 0.5) is 5.69 Å². The quantitative estimate of drug-likeness (QED) is 0.394. The lowest BCUT2D eigenvalue weighted by Crippen LogP contribution is -2.29. The maximum atomic E-state index is 11.1. The fraction of sp³-hybridized carbons (Fsp3) is 0.176. The molecule has 0 saturated carbocycles. The molecule has 10 nitrogen and oxygen atoms in total. The van der Waals surface area contributed by atoms with Gasteiger partial charge in [-0.1, -0.05) is 17.3 Å². The summed E-state index contributed by atoms with van der Waals surface area (Å²) in [5.74, 6) is 6.35. The number of hydrogen-bond donors (Lipinski definition) is 3. The molecule has 3 heterocycles. The fourth-order valence-electron chi connectivity index (χ4n) is 3.11. The van der Waals surface area contributed by atoms with Gasteiger partial charge in [-0.05, 0) is 29.1 Å². The van der Waals surface area contributed by atoms with Gasteiger partial charge in [0.2, 0.25) is 0 Å². The molecule has 3 aromatic rings. The number of hydrogen-bond acceptors (Lipinski definition) is 8. The molecule has 0 spiro atoms. The van der Waals surface area contributed by atoms with Crippen LogP contribution in [0.3, 0.4) is 0 Å². The van der Waals surface area contributed by atoms with Crippen LogP contribution < -0.4 is 15.3 Å². The number of nitrogens with two attached hydrogens (primary N) is 1. The van der Waals surface area contributed by atoms with Crippen LogP contribution in [0.2, 0.25) is 0 Å². The second-order valence-corrected chi connectivity index (χ2v) is 8.45. The van der Waals surface area contributed by atoms with Gasteiger partial charge in [0.05, 0.1) is 31.6 Å². The number of anilines is 1. The van der Waals surface area contributed by atoms with Crippen LogP contribution in [0.1, 0.15) is 21.8 Å². The number of nitrogens with one attached hydrogen (secondary N) is 1. The van der Waals surface area contributed by atoms with Crippen LogP contribution in [0, 0.1) is 0 Å². The van der Waals surface area contributed by atoms with Crippen LogP contribution in [0.5, 0.6) is 5.75 Å². The van der Waals surface area contributed by atoms with Gasteiger partial charge in [-0.15, -0.1) is 16.4 Å². The van der Waals surface area contributed by atoms with Gasteiger partial charge < -0.3 is 9.75 Å². The molecule has 0 aliphatic carbocycles. The maximum absolute atomic E-state index is 11.1. The van der Waals surface area contributed by atoms with E-state index in [-0.39, 0.29) is 11.4 Å². The van der Waals surface area contributed by atoms with Gasteiger partial charge in [-0.3, -0.25) is 9.27 Å². The molecular formula is C17H18N6O4S2. The van der Waals surface area contributed by atoms with Gasteiger partial charge >= 0.3 is 10.3 Å². The van der Waals surface area contributed by atoms with Gasteiger partial charge in [-0.2, -0.15) is 8.42 Å². The number of rotatable bonds is 6. The minimum absolute atomic E-state index is 0.135. The zero-order chi connectivity index (χ0) is 20.6. The van der Waals surface area contributed by atoms with Gasteiger partial charge in [-0.25, -0.2) is 10.5 Å². The van der Waals surface area contributed by atoms with Crippen molar-refractivity contribution in [1.82, 2.24) is 20.0 Å². The summed E-state index contributed by atoms with van der Waals surface area (Å²) in [6.45, 7) is 0.840. The first-order valence-corrected chi connectivity index (χ1v) is 10.8. The average Bonchev–Trinajstić information content (AvgIpc) is 3.32. The number of aromatic nitrogens is 3. The Morgan fingerprint density at radius 3 is 2.90 bits per heavy atom. The van der Waals surface area contributed by atoms with Crippen LogP contribution in [0.15, 0.2) is 41.9 Å². The van der Waals surface area contributed by atoms with E-state index >= 15 is 0 Å². The van der Waals surface area contributed by atoms with Crippen molar-refractivity contribution in [2.24, 2.45) is 5.84 Å². The number of ether oxygens (including phenoxy) is 1. The molecule has 29 heavy (non-hydrogen) atoms. The summed E-state index contributed by atoms with van der Waals surface area (Å²) in [6, 6.07) is 8.86. The molecule has 4 N–H and O–H groups in total. The van der Waals surface area contributed by atoms with Crippen LogP contribution in [-0.4, -0.2) is 40.1 Å². The highest BCUT2D eigenvalue weighted by Crippen LogP contribution is 2.32. The normalized spacial score (nSPS) is 13.8. The molecule has 0 atom stereocenters. The van der Waals surface area contributed by atoms with Crippen molar-refractivity contribution in [3.8, 4) is 5.75 Å². The standard InChI is InChI=1S/C17H18N6O4S2/c1-27-15-7-11(4-5-13(15)20-29(24,25)26)8-23-14-10-22(18)9-12(17(14)19-21-23)16-3-2-6-28-16/h2-7,9,20H,8,10,18H2,1H3,(H,24,25,26). The minimum Gasteiger partial charge on any atom is -0.495 e. The van der Waals surface area contributed by atoms with Gasteiger partial charge in [0.15, 0.2) is 0 Å². The van der Waals surface area contributed by atoms with Crippen molar-refractivity contribution in [3.63, 3.8) is 0 Å². The third kappa shape index (κ3) is 4.10. The van der Waals surface area contributed by atoms with E-state index in [2.05, 4.69) is 10.3 Å². The zero-order valence-corrected chi connectivity index (χ0v) is 16.9. The van der Waals surface area contributed by atoms with Crippen molar-refractivity contribution < 1.29 is 17.7 Å². The van der Waals surface area contributed by atoms with Crippen molar-refractivity contribution in [1.29, 1.82) is 0 Å². The summed E-state index contributed by atoms with van der Waals surface area (Å²) in [6.07, 6.45) is 1.85. The number of fused-ring (bicyclic) bond motifs is 1. The molecule has 0 amide bonds. The summed E-state index contributed by atoms with van der Waals surface area (Å²) >= 11 is 1.60. The predicted molar refractivity (Wildman–Crippen MR) is 108 cm³/mol. The van der Waals surface area contributed by atoms with E-state index in [1.54, 1.807) is 33.2 Å².